The molecular weight excluding hydrogens is 405 g/mol. The molecule has 0 spiro atoms. The van der Waals surface area contributed by atoms with Gasteiger partial charge in [0.25, 0.3) is 0 Å². The fourth-order valence-electron chi connectivity index (χ4n) is 4.09. The SMILES string of the molecule is N[C@H]1CC[C@H](Nc2cc(-c3ccc(F)c(NCC4CCOCC4)n3)c(Cl)cn2)CC1. The first-order valence-corrected chi connectivity index (χ1v) is 11.1. The van der Waals surface area contributed by atoms with Gasteiger partial charge in [0, 0.05) is 43.6 Å². The summed E-state index contributed by atoms with van der Waals surface area (Å²) in [4.78, 5) is 8.92. The first-order chi connectivity index (χ1) is 14.6. The molecule has 3 heterocycles. The highest BCUT2D eigenvalue weighted by Crippen LogP contribution is 2.31. The lowest BCUT2D eigenvalue weighted by Gasteiger charge is -2.27. The summed E-state index contributed by atoms with van der Waals surface area (Å²) in [6.45, 7) is 2.20. The van der Waals surface area contributed by atoms with Gasteiger partial charge in [-0.15, -0.1) is 0 Å². The molecule has 4 N–H and O–H groups in total. The van der Waals surface area contributed by atoms with Crippen LogP contribution in [-0.2, 0) is 4.74 Å². The van der Waals surface area contributed by atoms with Crippen molar-refractivity contribution in [2.24, 2.45) is 11.7 Å². The van der Waals surface area contributed by atoms with E-state index in [0.29, 0.717) is 35.3 Å². The van der Waals surface area contributed by atoms with Crippen LogP contribution in [0.5, 0.6) is 0 Å². The van der Waals surface area contributed by atoms with Gasteiger partial charge in [0.2, 0.25) is 0 Å². The molecule has 2 aromatic rings. The maximum Gasteiger partial charge on any atom is 0.165 e. The lowest BCUT2D eigenvalue weighted by molar-refractivity contribution is 0.0699. The summed E-state index contributed by atoms with van der Waals surface area (Å²) in [5.74, 6) is 1.10. The van der Waals surface area contributed by atoms with Gasteiger partial charge >= 0.3 is 0 Å². The zero-order valence-electron chi connectivity index (χ0n) is 17.0. The number of aromatic nitrogens is 2. The van der Waals surface area contributed by atoms with Crippen LogP contribution in [0.3, 0.4) is 0 Å². The molecule has 2 aromatic heterocycles. The number of pyridine rings is 2. The fourth-order valence-corrected chi connectivity index (χ4v) is 4.29. The number of hydrogen-bond acceptors (Lipinski definition) is 6. The third-order valence-corrected chi connectivity index (χ3v) is 6.30. The van der Waals surface area contributed by atoms with Gasteiger partial charge in [-0.05, 0) is 62.6 Å². The van der Waals surface area contributed by atoms with E-state index in [-0.39, 0.29) is 11.6 Å². The Labute approximate surface area is 181 Å². The third kappa shape index (κ3) is 5.39. The third-order valence-electron chi connectivity index (χ3n) is 6.00. The lowest BCUT2D eigenvalue weighted by atomic mass is 9.92. The highest BCUT2D eigenvalue weighted by molar-refractivity contribution is 6.33. The average Bonchev–Trinajstić information content (AvgIpc) is 2.77. The Balaban J connectivity index is 1.48. The molecule has 0 amide bonds. The number of halogens is 2. The van der Waals surface area contributed by atoms with Gasteiger partial charge in [-0.25, -0.2) is 14.4 Å². The molecule has 0 bridgehead atoms. The van der Waals surface area contributed by atoms with Crippen molar-refractivity contribution in [2.45, 2.75) is 50.6 Å². The second-order valence-corrected chi connectivity index (χ2v) is 8.68. The molecular formula is C22H29ClFN5O. The minimum atomic E-state index is -0.368. The van der Waals surface area contributed by atoms with Gasteiger partial charge in [0.15, 0.2) is 11.6 Å². The summed E-state index contributed by atoms with van der Waals surface area (Å²) < 4.78 is 19.7. The summed E-state index contributed by atoms with van der Waals surface area (Å²) in [5, 5.41) is 7.13. The predicted molar refractivity (Wildman–Crippen MR) is 118 cm³/mol. The summed E-state index contributed by atoms with van der Waals surface area (Å²) in [5.41, 5.74) is 7.35. The quantitative estimate of drug-likeness (QED) is 0.623. The van der Waals surface area contributed by atoms with E-state index >= 15 is 0 Å². The van der Waals surface area contributed by atoms with Crippen LogP contribution in [0.25, 0.3) is 11.3 Å². The summed E-state index contributed by atoms with van der Waals surface area (Å²) >= 11 is 6.41. The van der Waals surface area contributed by atoms with Crippen molar-refractivity contribution in [3.8, 4) is 11.3 Å². The summed E-state index contributed by atoms with van der Waals surface area (Å²) in [6.07, 6.45) is 7.65. The predicted octanol–water partition coefficient (Wildman–Crippen LogP) is 4.46. The Morgan fingerprint density at radius 3 is 2.67 bits per heavy atom. The van der Waals surface area contributed by atoms with Crippen molar-refractivity contribution in [2.75, 3.05) is 30.4 Å². The first kappa shape index (κ1) is 21.3. The van der Waals surface area contributed by atoms with Crippen molar-refractivity contribution in [1.29, 1.82) is 0 Å². The Bertz CT molecular complexity index is 853. The van der Waals surface area contributed by atoms with Crippen molar-refractivity contribution >= 4 is 23.2 Å². The Hall–Kier alpha value is -1.96. The minimum absolute atomic E-state index is 0.252. The summed E-state index contributed by atoms with van der Waals surface area (Å²) in [7, 11) is 0. The molecule has 1 saturated carbocycles. The molecule has 0 radical (unpaired) electrons. The number of nitrogens with two attached hydrogens (primary N) is 1. The van der Waals surface area contributed by atoms with Crippen LogP contribution >= 0.6 is 11.6 Å². The van der Waals surface area contributed by atoms with E-state index in [9.17, 15) is 4.39 Å². The number of hydrogen-bond donors (Lipinski definition) is 3. The van der Waals surface area contributed by atoms with Crippen LogP contribution < -0.4 is 16.4 Å². The maximum atomic E-state index is 14.3. The number of ether oxygens (including phenoxy) is 1. The first-order valence-electron chi connectivity index (χ1n) is 10.7. The van der Waals surface area contributed by atoms with Gasteiger partial charge in [-0.1, -0.05) is 11.6 Å². The van der Waals surface area contributed by atoms with E-state index < -0.39 is 0 Å². The van der Waals surface area contributed by atoms with Gasteiger partial charge < -0.3 is 21.1 Å². The number of nitrogens with one attached hydrogen (secondary N) is 2. The van der Waals surface area contributed by atoms with Crippen LogP contribution in [0.4, 0.5) is 16.0 Å². The molecule has 1 aliphatic heterocycles. The standard InChI is InChI=1S/C22H29ClFN5O/c23-18-13-26-21(28-16-3-1-15(25)2-4-16)11-17(18)20-6-5-19(24)22(29-20)27-12-14-7-9-30-10-8-14/h5-6,11,13-16H,1-4,7-10,12,25H2,(H,26,28)(H,27,29)/t15-,16-. The molecule has 162 valence electrons. The smallest absolute Gasteiger partial charge is 0.165 e. The van der Waals surface area contributed by atoms with Crippen LogP contribution in [-0.4, -0.2) is 41.8 Å². The highest BCUT2D eigenvalue weighted by Gasteiger charge is 2.20. The topological polar surface area (TPSA) is 85.1 Å². The molecule has 2 fully saturated rings. The van der Waals surface area contributed by atoms with Gasteiger partial charge in [0.05, 0.1) is 10.7 Å². The summed E-state index contributed by atoms with van der Waals surface area (Å²) in [6, 6.07) is 5.62. The van der Waals surface area contributed by atoms with Crippen LogP contribution in [0, 0.1) is 11.7 Å². The van der Waals surface area contributed by atoms with Crippen LogP contribution in [0.1, 0.15) is 38.5 Å². The van der Waals surface area contributed by atoms with E-state index in [0.717, 1.165) is 63.1 Å². The zero-order valence-corrected chi connectivity index (χ0v) is 17.8. The maximum absolute atomic E-state index is 14.3. The number of nitrogens with zero attached hydrogens (tertiary/aromatic N) is 2. The van der Waals surface area contributed by atoms with Crippen LogP contribution in [0.15, 0.2) is 24.4 Å². The Morgan fingerprint density at radius 2 is 1.90 bits per heavy atom. The molecule has 2 aliphatic rings. The molecule has 4 rings (SSSR count). The fraction of sp³-hybridized carbons (Fsp3) is 0.545. The van der Waals surface area contributed by atoms with Crippen LogP contribution in [0.2, 0.25) is 5.02 Å². The highest BCUT2D eigenvalue weighted by atomic mass is 35.5. The van der Waals surface area contributed by atoms with E-state index in [1.807, 2.05) is 6.07 Å². The molecule has 8 heteroatoms. The van der Waals surface area contributed by atoms with Gasteiger partial charge in [-0.3, -0.25) is 0 Å². The molecule has 6 nitrogen and oxygen atoms in total. The number of anilines is 2. The van der Waals surface area contributed by atoms with E-state index in [1.54, 1.807) is 12.3 Å². The molecule has 0 unspecified atom stereocenters. The normalized spacial score (nSPS) is 22.6. The van der Waals surface area contributed by atoms with Gasteiger partial charge in [-0.2, -0.15) is 0 Å². The Morgan fingerprint density at radius 1 is 1.13 bits per heavy atom. The van der Waals surface area contributed by atoms with Crippen molar-refractivity contribution in [1.82, 2.24) is 9.97 Å². The lowest BCUT2D eigenvalue weighted by Crippen LogP contribution is -2.33. The average molecular weight is 434 g/mol. The van der Waals surface area contributed by atoms with Gasteiger partial charge in [0.1, 0.15) is 5.82 Å². The van der Waals surface area contributed by atoms with Crippen molar-refractivity contribution in [3.05, 3.63) is 35.2 Å². The van der Waals surface area contributed by atoms with E-state index in [2.05, 4.69) is 20.6 Å². The molecule has 0 atom stereocenters. The molecule has 1 aliphatic carbocycles. The minimum Gasteiger partial charge on any atom is -0.381 e. The van der Waals surface area contributed by atoms with E-state index in [1.165, 1.54) is 6.07 Å². The molecule has 1 saturated heterocycles. The monoisotopic (exact) mass is 433 g/mol. The Kier molecular flexibility index (Phi) is 7.02. The number of rotatable bonds is 6. The van der Waals surface area contributed by atoms with Crippen molar-refractivity contribution < 1.29 is 9.13 Å². The van der Waals surface area contributed by atoms with Crippen molar-refractivity contribution in [3.63, 3.8) is 0 Å². The molecule has 30 heavy (non-hydrogen) atoms. The molecule has 0 aromatic carbocycles. The zero-order chi connectivity index (χ0) is 20.9. The second-order valence-electron chi connectivity index (χ2n) is 8.27. The largest absolute Gasteiger partial charge is 0.381 e. The van der Waals surface area contributed by atoms with E-state index in [4.69, 9.17) is 22.1 Å². The second kappa shape index (κ2) is 9.90.